The molecule has 0 aromatic heterocycles. The fourth-order valence-electron chi connectivity index (χ4n) is 2.21. The number of benzene rings is 1. The molecule has 1 aliphatic carbocycles. The van der Waals surface area contributed by atoms with Gasteiger partial charge >= 0.3 is 5.97 Å². The maximum Gasteiger partial charge on any atom is 0.326 e. The maximum atomic E-state index is 12.1. The van der Waals surface area contributed by atoms with E-state index in [-0.39, 0.29) is 5.75 Å². The van der Waals surface area contributed by atoms with E-state index in [1.807, 2.05) is 0 Å². The van der Waals surface area contributed by atoms with Gasteiger partial charge in [0.1, 0.15) is 6.04 Å². The fraction of sp³-hybridized carbons (Fsp3) is 0.467. The fourth-order valence-corrected chi connectivity index (χ4v) is 3.00. The molecule has 1 unspecified atom stereocenters. The quantitative estimate of drug-likeness (QED) is 0.785. The van der Waals surface area contributed by atoms with Gasteiger partial charge in [0.15, 0.2) is 9.84 Å². The topological polar surface area (TPSA) is 101 Å². The minimum absolute atomic E-state index is 0.0890. The number of nitrogens with one attached hydrogen (secondary N) is 1. The van der Waals surface area contributed by atoms with Crippen LogP contribution in [0.5, 0.6) is 0 Å². The first-order valence-corrected chi connectivity index (χ1v) is 9.11. The Bertz CT molecular complexity index is 662. The number of carbonyl (C=O) groups is 2. The first kappa shape index (κ1) is 16.5. The molecule has 120 valence electrons. The van der Waals surface area contributed by atoms with Gasteiger partial charge in [-0.05, 0) is 30.0 Å². The van der Waals surface area contributed by atoms with E-state index in [2.05, 4.69) is 5.32 Å². The van der Waals surface area contributed by atoms with Crippen LogP contribution in [0.25, 0.3) is 0 Å². The second kappa shape index (κ2) is 6.48. The van der Waals surface area contributed by atoms with Crippen LogP contribution >= 0.6 is 0 Å². The zero-order valence-electron chi connectivity index (χ0n) is 12.3. The zero-order valence-corrected chi connectivity index (χ0v) is 13.1. The molecule has 1 fully saturated rings. The highest BCUT2D eigenvalue weighted by atomic mass is 32.2. The summed E-state index contributed by atoms with van der Waals surface area (Å²) in [6.07, 6.45) is 3.62. The Morgan fingerprint density at radius 1 is 1.27 bits per heavy atom. The maximum absolute atomic E-state index is 12.1. The van der Waals surface area contributed by atoms with E-state index in [1.165, 1.54) is 12.1 Å². The van der Waals surface area contributed by atoms with Crippen molar-refractivity contribution in [3.05, 3.63) is 35.4 Å². The minimum atomic E-state index is -3.13. The molecule has 1 aromatic carbocycles. The van der Waals surface area contributed by atoms with Crippen LogP contribution in [0.3, 0.4) is 0 Å². The van der Waals surface area contributed by atoms with Crippen molar-refractivity contribution in [1.29, 1.82) is 0 Å². The predicted molar refractivity (Wildman–Crippen MR) is 81.2 cm³/mol. The lowest BCUT2D eigenvalue weighted by Crippen LogP contribution is -2.41. The van der Waals surface area contributed by atoms with E-state index in [4.69, 9.17) is 5.11 Å². The number of amides is 1. The molecule has 1 amide bonds. The minimum Gasteiger partial charge on any atom is -0.480 e. The average molecular weight is 325 g/mol. The smallest absolute Gasteiger partial charge is 0.326 e. The number of aliphatic carboxylic acids is 1. The van der Waals surface area contributed by atoms with Crippen LogP contribution in [0.2, 0.25) is 0 Å². The lowest BCUT2D eigenvalue weighted by atomic mass is 10.1. The Kier molecular flexibility index (Phi) is 4.85. The summed E-state index contributed by atoms with van der Waals surface area (Å²) in [7, 11) is -3.13. The van der Waals surface area contributed by atoms with Gasteiger partial charge in [-0.15, -0.1) is 0 Å². The van der Waals surface area contributed by atoms with E-state index in [9.17, 15) is 18.0 Å². The molecule has 0 radical (unpaired) electrons. The van der Waals surface area contributed by atoms with Gasteiger partial charge in [0, 0.05) is 11.8 Å². The summed E-state index contributed by atoms with van der Waals surface area (Å²) in [5, 5.41) is 11.7. The van der Waals surface area contributed by atoms with E-state index >= 15 is 0 Å². The second-order valence-corrected chi connectivity index (χ2v) is 7.95. The lowest BCUT2D eigenvalue weighted by Gasteiger charge is -2.14. The highest BCUT2D eigenvalue weighted by Gasteiger charge is 2.30. The summed E-state index contributed by atoms with van der Waals surface area (Å²) in [6.45, 7) is 0. The van der Waals surface area contributed by atoms with Crippen molar-refractivity contribution in [2.75, 3.05) is 6.26 Å². The molecule has 1 aliphatic rings. The molecule has 7 heteroatoms. The van der Waals surface area contributed by atoms with Crippen molar-refractivity contribution in [2.45, 2.75) is 31.1 Å². The van der Waals surface area contributed by atoms with Crippen molar-refractivity contribution in [3.8, 4) is 0 Å². The Balaban J connectivity index is 2.00. The van der Waals surface area contributed by atoms with Gasteiger partial charge in [-0.2, -0.15) is 0 Å². The van der Waals surface area contributed by atoms with Crippen LogP contribution in [-0.2, 0) is 20.4 Å². The Morgan fingerprint density at radius 3 is 2.32 bits per heavy atom. The Hall–Kier alpha value is -1.89. The molecule has 0 spiro atoms. The van der Waals surface area contributed by atoms with E-state index in [0.29, 0.717) is 23.5 Å². The van der Waals surface area contributed by atoms with E-state index in [0.717, 1.165) is 19.1 Å². The molecule has 0 heterocycles. The first-order valence-electron chi connectivity index (χ1n) is 7.05. The van der Waals surface area contributed by atoms with Crippen molar-refractivity contribution >= 4 is 21.7 Å². The van der Waals surface area contributed by atoms with Gasteiger partial charge in [0.05, 0.1) is 5.75 Å². The number of carbonyl (C=O) groups excluding carboxylic acids is 1. The van der Waals surface area contributed by atoms with Gasteiger partial charge in [0.2, 0.25) is 0 Å². The molecule has 1 aromatic rings. The second-order valence-electron chi connectivity index (χ2n) is 5.81. The molecule has 6 nitrogen and oxygen atoms in total. The molecule has 2 rings (SSSR count). The number of rotatable bonds is 7. The zero-order chi connectivity index (χ0) is 16.3. The molecule has 22 heavy (non-hydrogen) atoms. The number of hydrogen-bond donors (Lipinski definition) is 2. The number of carboxylic acid groups (broad SMARTS) is 1. The van der Waals surface area contributed by atoms with Crippen LogP contribution in [0, 0.1) is 5.92 Å². The molecule has 0 saturated heterocycles. The number of carboxylic acids is 1. The van der Waals surface area contributed by atoms with E-state index < -0.39 is 27.8 Å². The molecule has 1 saturated carbocycles. The van der Waals surface area contributed by atoms with Gasteiger partial charge in [-0.1, -0.05) is 25.0 Å². The van der Waals surface area contributed by atoms with Gasteiger partial charge in [-0.25, -0.2) is 13.2 Å². The lowest BCUT2D eigenvalue weighted by molar-refractivity contribution is -0.139. The van der Waals surface area contributed by atoms with Gasteiger partial charge in [0.25, 0.3) is 5.91 Å². The Labute approximate surface area is 129 Å². The van der Waals surface area contributed by atoms with Crippen LogP contribution in [0.1, 0.15) is 35.2 Å². The summed E-state index contributed by atoms with van der Waals surface area (Å²) in [5.41, 5.74) is 0.908. The van der Waals surface area contributed by atoms with Gasteiger partial charge < -0.3 is 10.4 Å². The van der Waals surface area contributed by atoms with Crippen molar-refractivity contribution in [2.24, 2.45) is 5.92 Å². The number of hydrogen-bond acceptors (Lipinski definition) is 4. The SMILES string of the molecule is CS(=O)(=O)Cc1ccc(C(=O)NC(CC2CC2)C(=O)O)cc1. The molecular weight excluding hydrogens is 306 g/mol. The van der Waals surface area contributed by atoms with Crippen molar-refractivity contribution in [1.82, 2.24) is 5.32 Å². The highest BCUT2D eigenvalue weighted by molar-refractivity contribution is 7.89. The monoisotopic (exact) mass is 325 g/mol. The molecule has 1 atom stereocenters. The first-order chi connectivity index (χ1) is 10.2. The number of sulfone groups is 1. The largest absolute Gasteiger partial charge is 0.480 e. The van der Waals surface area contributed by atoms with Gasteiger partial charge in [-0.3, -0.25) is 4.79 Å². The standard InChI is InChI=1S/C15H19NO5S/c1-22(20,21)9-11-4-6-12(7-5-11)14(17)16-13(15(18)19)8-10-2-3-10/h4-7,10,13H,2-3,8-9H2,1H3,(H,16,17)(H,18,19). The molecule has 0 bridgehead atoms. The predicted octanol–water partition coefficient (Wildman–Crippen LogP) is 1.21. The summed E-state index contributed by atoms with van der Waals surface area (Å²) in [6, 6.07) is 5.26. The third-order valence-electron chi connectivity index (χ3n) is 3.51. The Morgan fingerprint density at radius 2 is 1.86 bits per heavy atom. The summed E-state index contributed by atoms with van der Waals surface area (Å²) in [4.78, 5) is 23.2. The molecule has 0 aliphatic heterocycles. The normalized spacial score (nSPS) is 16.0. The van der Waals surface area contributed by atoms with Crippen LogP contribution in [-0.4, -0.2) is 37.7 Å². The van der Waals surface area contributed by atoms with Crippen molar-refractivity contribution in [3.63, 3.8) is 0 Å². The van der Waals surface area contributed by atoms with Crippen LogP contribution in [0.4, 0.5) is 0 Å². The molecular formula is C15H19NO5S. The summed E-state index contributed by atoms with van der Waals surface area (Å²) >= 11 is 0. The van der Waals surface area contributed by atoms with Crippen molar-refractivity contribution < 1.29 is 23.1 Å². The van der Waals surface area contributed by atoms with Crippen LogP contribution in [0.15, 0.2) is 24.3 Å². The van der Waals surface area contributed by atoms with Crippen LogP contribution < -0.4 is 5.32 Å². The third kappa shape index (κ3) is 5.14. The summed E-state index contributed by atoms with van der Waals surface area (Å²) < 4.78 is 22.4. The van der Waals surface area contributed by atoms with E-state index in [1.54, 1.807) is 12.1 Å². The highest BCUT2D eigenvalue weighted by Crippen LogP contribution is 2.33. The third-order valence-corrected chi connectivity index (χ3v) is 4.37. The average Bonchev–Trinajstić information content (AvgIpc) is 3.20. The molecule has 2 N–H and O–H groups in total. The summed E-state index contributed by atoms with van der Waals surface area (Å²) in [5.74, 6) is -1.19.